The van der Waals surface area contributed by atoms with Gasteiger partial charge in [0.05, 0.1) is 13.2 Å². The summed E-state index contributed by atoms with van der Waals surface area (Å²) in [6, 6.07) is 7.57. The fraction of sp³-hybridized carbons (Fsp3) is 0.600. The van der Waals surface area contributed by atoms with E-state index in [0.717, 1.165) is 18.6 Å². The van der Waals surface area contributed by atoms with Gasteiger partial charge in [-0.3, -0.25) is 0 Å². The highest BCUT2D eigenvalue weighted by Crippen LogP contribution is 2.36. The summed E-state index contributed by atoms with van der Waals surface area (Å²) in [5, 5.41) is 3.75. The first-order valence-electron chi connectivity index (χ1n) is 6.76. The van der Waals surface area contributed by atoms with Crippen LogP contribution in [0.1, 0.15) is 36.4 Å². The summed E-state index contributed by atoms with van der Waals surface area (Å²) in [6.45, 7) is 0. The number of ether oxygens (including phenoxy) is 2. The lowest BCUT2D eigenvalue weighted by Gasteiger charge is -2.37. The first kappa shape index (κ1) is 12.0. The standard InChI is InChI=1S/C15H21NO2/c1-17-12-5-3-10-4-6-15(14(10)9-12)16-11-7-13(8-11)18-2/h3,5,9,11,13,15-16H,4,6-8H2,1-2H3. The van der Waals surface area contributed by atoms with E-state index in [0.29, 0.717) is 18.2 Å². The van der Waals surface area contributed by atoms with Crippen molar-refractivity contribution in [1.29, 1.82) is 0 Å². The number of benzene rings is 1. The second kappa shape index (κ2) is 4.90. The van der Waals surface area contributed by atoms with E-state index in [-0.39, 0.29) is 0 Å². The highest BCUT2D eigenvalue weighted by atomic mass is 16.5. The summed E-state index contributed by atoms with van der Waals surface area (Å²) >= 11 is 0. The zero-order valence-corrected chi connectivity index (χ0v) is 11.1. The molecular formula is C15H21NO2. The van der Waals surface area contributed by atoms with Crippen LogP contribution in [0.25, 0.3) is 0 Å². The van der Waals surface area contributed by atoms with Crippen molar-refractivity contribution in [3.63, 3.8) is 0 Å². The van der Waals surface area contributed by atoms with Gasteiger partial charge in [-0.1, -0.05) is 6.07 Å². The van der Waals surface area contributed by atoms with Gasteiger partial charge in [-0.2, -0.15) is 0 Å². The molecule has 0 bridgehead atoms. The van der Waals surface area contributed by atoms with Crippen molar-refractivity contribution in [2.45, 2.75) is 43.9 Å². The molecule has 0 spiro atoms. The van der Waals surface area contributed by atoms with Gasteiger partial charge < -0.3 is 14.8 Å². The van der Waals surface area contributed by atoms with E-state index < -0.39 is 0 Å². The minimum atomic E-state index is 0.466. The van der Waals surface area contributed by atoms with Crippen LogP contribution >= 0.6 is 0 Å². The number of aryl methyl sites for hydroxylation is 1. The van der Waals surface area contributed by atoms with E-state index in [9.17, 15) is 0 Å². The first-order valence-corrected chi connectivity index (χ1v) is 6.76. The molecule has 0 radical (unpaired) electrons. The minimum absolute atomic E-state index is 0.466. The Hall–Kier alpha value is -1.06. The summed E-state index contributed by atoms with van der Waals surface area (Å²) in [5.41, 5.74) is 2.89. The summed E-state index contributed by atoms with van der Waals surface area (Å²) in [5.74, 6) is 0.964. The molecule has 2 aliphatic carbocycles. The average Bonchev–Trinajstić information content (AvgIpc) is 2.75. The van der Waals surface area contributed by atoms with E-state index >= 15 is 0 Å². The van der Waals surface area contributed by atoms with Gasteiger partial charge in [-0.05, 0) is 48.9 Å². The Morgan fingerprint density at radius 1 is 1.22 bits per heavy atom. The molecule has 1 fully saturated rings. The second-order valence-electron chi connectivity index (χ2n) is 5.35. The molecule has 3 heteroatoms. The van der Waals surface area contributed by atoms with Crippen LogP contribution in [0.3, 0.4) is 0 Å². The van der Waals surface area contributed by atoms with Crippen molar-refractivity contribution in [2.75, 3.05) is 14.2 Å². The molecule has 18 heavy (non-hydrogen) atoms. The predicted molar refractivity (Wildman–Crippen MR) is 71.0 cm³/mol. The zero-order valence-electron chi connectivity index (χ0n) is 11.1. The van der Waals surface area contributed by atoms with Crippen molar-refractivity contribution in [2.24, 2.45) is 0 Å². The summed E-state index contributed by atoms with van der Waals surface area (Å²) in [4.78, 5) is 0. The number of nitrogens with one attached hydrogen (secondary N) is 1. The highest BCUT2D eigenvalue weighted by molar-refractivity contribution is 5.40. The van der Waals surface area contributed by atoms with Gasteiger partial charge in [0.2, 0.25) is 0 Å². The van der Waals surface area contributed by atoms with Gasteiger partial charge in [0.15, 0.2) is 0 Å². The van der Waals surface area contributed by atoms with Crippen LogP contribution in [0.2, 0.25) is 0 Å². The summed E-state index contributed by atoms with van der Waals surface area (Å²) in [7, 11) is 3.53. The Kier molecular flexibility index (Phi) is 3.27. The van der Waals surface area contributed by atoms with Gasteiger partial charge in [-0.15, -0.1) is 0 Å². The number of hydrogen-bond donors (Lipinski definition) is 1. The van der Waals surface area contributed by atoms with Crippen LogP contribution in [0.15, 0.2) is 18.2 Å². The monoisotopic (exact) mass is 247 g/mol. The van der Waals surface area contributed by atoms with Crippen LogP contribution in [0.5, 0.6) is 5.75 Å². The van der Waals surface area contributed by atoms with E-state index in [1.807, 2.05) is 0 Å². The smallest absolute Gasteiger partial charge is 0.119 e. The molecule has 3 nitrogen and oxygen atoms in total. The average molecular weight is 247 g/mol. The third kappa shape index (κ3) is 2.13. The second-order valence-corrected chi connectivity index (χ2v) is 5.35. The quantitative estimate of drug-likeness (QED) is 0.886. The van der Waals surface area contributed by atoms with Crippen molar-refractivity contribution >= 4 is 0 Å². The predicted octanol–water partition coefficient (Wildman–Crippen LogP) is 2.45. The van der Waals surface area contributed by atoms with Gasteiger partial charge in [0, 0.05) is 19.2 Å². The molecule has 1 aromatic carbocycles. The molecule has 2 aliphatic rings. The lowest BCUT2D eigenvalue weighted by Crippen LogP contribution is -2.46. The molecule has 1 N–H and O–H groups in total. The van der Waals surface area contributed by atoms with Gasteiger partial charge >= 0.3 is 0 Å². The molecule has 0 aromatic heterocycles. The van der Waals surface area contributed by atoms with Gasteiger partial charge in [0.25, 0.3) is 0 Å². The Balaban J connectivity index is 1.66. The number of hydrogen-bond acceptors (Lipinski definition) is 3. The Labute approximate surface area is 108 Å². The number of methoxy groups -OCH3 is 2. The maximum Gasteiger partial charge on any atom is 0.119 e. The first-order chi connectivity index (χ1) is 8.80. The summed E-state index contributed by atoms with van der Waals surface area (Å²) < 4.78 is 10.6. The molecule has 1 aromatic rings. The molecule has 98 valence electrons. The van der Waals surface area contributed by atoms with Crippen LogP contribution < -0.4 is 10.1 Å². The molecule has 0 aliphatic heterocycles. The topological polar surface area (TPSA) is 30.5 Å². The van der Waals surface area contributed by atoms with E-state index in [4.69, 9.17) is 9.47 Å². The molecule has 0 saturated heterocycles. The maximum atomic E-state index is 5.33. The lowest BCUT2D eigenvalue weighted by atomic mass is 9.88. The number of rotatable bonds is 4. The Morgan fingerprint density at radius 3 is 2.78 bits per heavy atom. The van der Waals surface area contributed by atoms with Crippen molar-refractivity contribution < 1.29 is 9.47 Å². The van der Waals surface area contributed by atoms with E-state index in [2.05, 4.69) is 23.5 Å². The molecule has 3 rings (SSSR count). The van der Waals surface area contributed by atoms with Gasteiger partial charge in [0.1, 0.15) is 5.75 Å². The molecule has 1 atom stereocenters. The van der Waals surface area contributed by atoms with E-state index in [1.165, 1.54) is 24.0 Å². The third-order valence-corrected chi connectivity index (χ3v) is 4.30. The largest absolute Gasteiger partial charge is 0.497 e. The highest BCUT2D eigenvalue weighted by Gasteiger charge is 2.32. The molecule has 0 amide bonds. The van der Waals surface area contributed by atoms with E-state index in [1.54, 1.807) is 14.2 Å². The fourth-order valence-electron chi connectivity index (χ4n) is 3.06. The lowest BCUT2D eigenvalue weighted by molar-refractivity contribution is 0.0141. The molecule has 1 saturated carbocycles. The van der Waals surface area contributed by atoms with Crippen LogP contribution in [-0.2, 0) is 11.2 Å². The van der Waals surface area contributed by atoms with Crippen molar-refractivity contribution in [3.05, 3.63) is 29.3 Å². The Bertz CT molecular complexity index is 427. The third-order valence-electron chi connectivity index (χ3n) is 4.30. The molecule has 0 heterocycles. The Morgan fingerprint density at radius 2 is 2.06 bits per heavy atom. The maximum absolute atomic E-state index is 5.33. The van der Waals surface area contributed by atoms with Crippen molar-refractivity contribution in [3.8, 4) is 5.75 Å². The molecule has 1 unspecified atom stereocenters. The van der Waals surface area contributed by atoms with Crippen LogP contribution in [0, 0.1) is 0 Å². The van der Waals surface area contributed by atoms with Crippen molar-refractivity contribution in [1.82, 2.24) is 5.32 Å². The number of fused-ring (bicyclic) bond motifs is 1. The van der Waals surface area contributed by atoms with Gasteiger partial charge in [-0.25, -0.2) is 0 Å². The normalized spacial score (nSPS) is 29.8. The molecular weight excluding hydrogens is 226 g/mol. The summed E-state index contributed by atoms with van der Waals surface area (Å²) in [6.07, 6.45) is 5.14. The van der Waals surface area contributed by atoms with Crippen LogP contribution in [-0.4, -0.2) is 26.4 Å². The fourth-order valence-corrected chi connectivity index (χ4v) is 3.06. The minimum Gasteiger partial charge on any atom is -0.497 e. The SMILES string of the molecule is COc1ccc2c(c1)C(NC1CC(OC)C1)CC2. The zero-order chi connectivity index (χ0) is 12.5. The van der Waals surface area contributed by atoms with Crippen LogP contribution in [0.4, 0.5) is 0 Å².